The van der Waals surface area contributed by atoms with Gasteiger partial charge in [0.05, 0.1) is 11.1 Å². The molecule has 0 spiro atoms. The van der Waals surface area contributed by atoms with Gasteiger partial charge in [-0.15, -0.1) is 0 Å². The summed E-state index contributed by atoms with van der Waals surface area (Å²) < 4.78 is 37.8. The largest absolute Gasteiger partial charge is 0.417 e. The van der Waals surface area contributed by atoms with Gasteiger partial charge in [0.25, 0.3) is 0 Å². The first-order valence-electron chi connectivity index (χ1n) is 4.47. The number of hydrogen-bond donors (Lipinski definition) is 1. The maximum Gasteiger partial charge on any atom is 0.417 e. The molecule has 0 saturated carbocycles. The predicted molar refractivity (Wildman–Crippen MR) is 61.1 cm³/mol. The van der Waals surface area contributed by atoms with Gasteiger partial charge in [0.1, 0.15) is 0 Å². The highest BCUT2D eigenvalue weighted by molar-refractivity contribution is 9.09. The molecule has 0 aliphatic heterocycles. The normalized spacial score (nSPS) is 10.8. The first-order chi connectivity index (χ1) is 7.46. The van der Waals surface area contributed by atoms with Crippen LogP contribution in [0.4, 0.5) is 18.9 Å². The van der Waals surface area contributed by atoms with E-state index in [-0.39, 0.29) is 11.3 Å². The molecule has 0 amide bonds. The Balaban J connectivity index is 3.21. The van der Waals surface area contributed by atoms with Crippen molar-refractivity contribution in [1.82, 2.24) is 0 Å². The average Bonchev–Trinajstić information content (AvgIpc) is 2.19. The fraction of sp³-hybridized carbons (Fsp3) is 0.273. The molecule has 0 radical (unpaired) electrons. The lowest BCUT2D eigenvalue weighted by atomic mass is 10.1. The van der Waals surface area contributed by atoms with E-state index in [1.165, 1.54) is 12.1 Å². The number of benzene rings is 1. The quantitative estimate of drug-likeness (QED) is 0.479. The number of alkyl halides is 4. The van der Waals surface area contributed by atoms with Crippen LogP contribution in [0.1, 0.15) is 17.5 Å². The van der Waals surface area contributed by atoms with Gasteiger partial charge in [-0.1, -0.05) is 33.8 Å². The van der Waals surface area contributed by atoms with Crippen LogP contribution in [0.5, 0.6) is 0 Å². The Hall–Kier alpha value is -1.15. The third-order valence-corrected chi connectivity index (χ3v) is 2.23. The van der Waals surface area contributed by atoms with Crippen molar-refractivity contribution in [3.63, 3.8) is 0 Å². The molecule has 0 aromatic heterocycles. The highest BCUT2D eigenvalue weighted by Gasteiger charge is 2.33. The Morgan fingerprint density at radius 3 is 2.56 bits per heavy atom. The maximum atomic E-state index is 12.6. The second-order valence-electron chi connectivity index (χ2n) is 3.01. The number of halogens is 4. The highest BCUT2D eigenvalue weighted by Crippen LogP contribution is 2.33. The molecular weight excluding hydrogens is 283 g/mol. The second kappa shape index (κ2) is 5.26. The van der Waals surface area contributed by atoms with E-state index < -0.39 is 11.7 Å². The summed E-state index contributed by atoms with van der Waals surface area (Å²) in [5.41, 5.74) is 4.61. The number of nitrogen functional groups attached to an aromatic ring is 1. The molecule has 1 aromatic carbocycles. The molecule has 86 valence electrons. The standard InChI is InChI=1S/C11H9BrF3N/c12-7-2-1-4-8-9(11(13,14)15)5-3-6-10(8)16/h3,5-6H,2,7,16H2. The van der Waals surface area contributed by atoms with Gasteiger partial charge in [0.15, 0.2) is 0 Å². The van der Waals surface area contributed by atoms with Crippen molar-refractivity contribution in [3.05, 3.63) is 29.3 Å². The summed E-state index contributed by atoms with van der Waals surface area (Å²) in [7, 11) is 0. The molecule has 0 atom stereocenters. The van der Waals surface area contributed by atoms with Gasteiger partial charge < -0.3 is 5.73 Å². The van der Waals surface area contributed by atoms with Crippen molar-refractivity contribution >= 4 is 21.6 Å². The molecule has 5 heteroatoms. The topological polar surface area (TPSA) is 26.0 Å². The maximum absolute atomic E-state index is 12.6. The zero-order valence-electron chi connectivity index (χ0n) is 8.24. The third kappa shape index (κ3) is 3.17. The fourth-order valence-corrected chi connectivity index (χ4v) is 1.34. The Morgan fingerprint density at radius 2 is 2.00 bits per heavy atom. The first kappa shape index (κ1) is 12.9. The molecule has 2 N–H and O–H groups in total. The molecule has 0 aliphatic rings. The fourth-order valence-electron chi connectivity index (χ4n) is 1.14. The van der Waals surface area contributed by atoms with E-state index in [4.69, 9.17) is 5.73 Å². The predicted octanol–water partition coefficient (Wildman–Crippen LogP) is 3.42. The van der Waals surface area contributed by atoms with Gasteiger partial charge in [-0.2, -0.15) is 13.2 Å². The van der Waals surface area contributed by atoms with Crippen molar-refractivity contribution in [2.45, 2.75) is 12.6 Å². The molecule has 1 rings (SSSR count). The van der Waals surface area contributed by atoms with E-state index in [0.29, 0.717) is 11.8 Å². The molecule has 0 heterocycles. The molecule has 0 fully saturated rings. The van der Waals surface area contributed by atoms with Crippen LogP contribution in [0, 0.1) is 11.8 Å². The number of rotatable bonds is 1. The molecule has 0 saturated heterocycles. The van der Waals surface area contributed by atoms with E-state index in [0.717, 1.165) is 6.07 Å². The van der Waals surface area contributed by atoms with Crippen LogP contribution < -0.4 is 5.73 Å². The van der Waals surface area contributed by atoms with Gasteiger partial charge >= 0.3 is 6.18 Å². The van der Waals surface area contributed by atoms with Crippen LogP contribution in [-0.2, 0) is 6.18 Å². The summed E-state index contributed by atoms with van der Waals surface area (Å²) in [4.78, 5) is 0. The molecule has 1 aromatic rings. The molecule has 1 nitrogen and oxygen atoms in total. The average molecular weight is 292 g/mol. The van der Waals surface area contributed by atoms with Crippen LogP contribution >= 0.6 is 15.9 Å². The van der Waals surface area contributed by atoms with Crippen molar-refractivity contribution in [3.8, 4) is 11.8 Å². The lowest BCUT2D eigenvalue weighted by Crippen LogP contribution is -2.09. The van der Waals surface area contributed by atoms with Crippen molar-refractivity contribution in [2.75, 3.05) is 11.1 Å². The zero-order chi connectivity index (χ0) is 12.2. The third-order valence-electron chi connectivity index (χ3n) is 1.83. The zero-order valence-corrected chi connectivity index (χ0v) is 9.82. The van der Waals surface area contributed by atoms with E-state index in [9.17, 15) is 13.2 Å². The minimum atomic E-state index is -4.42. The molecule has 0 aliphatic carbocycles. The van der Waals surface area contributed by atoms with Gasteiger partial charge in [0.2, 0.25) is 0 Å². The van der Waals surface area contributed by atoms with Crippen LogP contribution in [0.25, 0.3) is 0 Å². The summed E-state index contributed by atoms with van der Waals surface area (Å²) in [5.74, 6) is 5.09. The summed E-state index contributed by atoms with van der Waals surface area (Å²) in [6.07, 6.45) is -3.95. The van der Waals surface area contributed by atoms with Crippen LogP contribution in [-0.4, -0.2) is 5.33 Å². The highest BCUT2D eigenvalue weighted by atomic mass is 79.9. The second-order valence-corrected chi connectivity index (χ2v) is 3.80. The number of nitrogens with two attached hydrogens (primary N) is 1. The molecule has 0 unspecified atom stereocenters. The van der Waals surface area contributed by atoms with Crippen molar-refractivity contribution < 1.29 is 13.2 Å². The monoisotopic (exact) mass is 291 g/mol. The lowest BCUT2D eigenvalue weighted by molar-refractivity contribution is -0.137. The number of hydrogen-bond acceptors (Lipinski definition) is 1. The lowest BCUT2D eigenvalue weighted by Gasteiger charge is -2.10. The van der Waals surface area contributed by atoms with Gasteiger partial charge in [-0.3, -0.25) is 0 Å². The Bertz CT molecular complexity index is 429. The SMILES string of the molecule is Nc1cccc(C(F)(F)F)c1C#CCCBr. The molecule has 0 bridgehead atoms. The van der Waals surface area contributed by atoms with E-state index in [1.54, 1.807) is 0 Å². The van der Waals surface area contributed by atoms with E-state index in [1.807, 2.05) is 0 Å². The van der Waals surface area contributed by atoms with Crippen LogP contribution in [0.15, 0.2) is 18.2 Å². The Morgan fingerprint density at radius 1 is 1.31 bits per heavy atom. The van der Waals surface area contributed by atoms with Crippen LogP contribution in [0.3, 0.4) is 0 Å². The van der Waals surface area contributed by atoms with Crippen molar-refractivity contribution in [1.29, 1.82) is 0 Å². The van der Waals surface area contributed by atoms with E-state index >= 15 is 0 Å². The van der Waals surface area contributed by atoms with E-state index in [2.05, 4.69) is 27.8 Å². The van der Waals surface area contributed by atoms with Gasteiger partial charge in [-0.25, -0.2) is 0 Å². The smallest absolute Gasteiger partial charge is 0.398 e. The summed E-state index contributed by atoms with van der Waals surface area (Å²) >= 11 is 3.14. The number of anilines is 1. The minimum absolute atomic E-state index is 0.0527. The Labute approximate surface area is 100.0 Å². The van der Waals surface area contributed by atoms with Gasteiger partial charge in [0, 0.05) is 17.4 Å². The molecular formula is C11H9BrF3N. The van der Waals surface area contributed by atoms with Crippen molar-refractivity contribution in [2.24, 2.45) is 0 Å². The minimum Gasteiger partial charge on any atom is -0.398 e. The summed E-state index contributed by atoms with van der Waals surface area (Å²) in [6.45, 7) is 0. The Kier molecular flexibility index (Phi) is 4.25. The summed E-state index contributed by atoms with van der Waals surface area (Å²) in [5, 5.41) is 0.619. The van der Waals surface area contributed by atoms with Crippen LogP contribution in [0.2, 0.25) is 0 Å². The van der Waals surface area contributed by atoms with Gasteiger partial charge in [-0.05, 0) is 12.1 Å². The first-order valence-corrected chi connectivity index (χ1v) is 5.59. The molecule has 16 heavy (non-hydrogen) atoms. The summed E-state index contributed by atoms with van der Waals surface area (Å²) in [6, 6.07) is 3.66.